The minimum atomic E-state index is 0.156. The van der Waals surface area contributed by atoms with Crippen molar-refractivity contribution in [3.63, 3.8) is 0 Å². The first-order valence-corrected chi connectivity index (χ1v) is 7.26. The number of rotatable bonds is 3. The molecule has 1 amide bonds. The average Bonchev–Trinajstić information content (AvgIpc) is 3.13. The second-order valence-corrected chi connectivity index (χ2v) is 6.13. The van der Waals surface area contributed by atoms with Crippen molar-refractivity contribution in [3.05, 3.63) is 18.3 Å². The fourth-order valence-corrected chi connectivity index (χ4v) is 3.27. The molecule has 1 aromatic rings. The van der Waals surface area contributed by atoms with Gasteiger partial charge in [0.05, 0.1) is 5.69 Å². The first-order chi connectivity index (χ1) is 9.62. The lowest BCUT2D eigenvalue weighted by atomic mass is 9.92. The maximum Gasteiger partial charge on any atom is 0.228 e. The fraction of sp³-hybridized carbons (Fsp3) is 0.600. The summed E-state index contributed by atoms with van der Waals surface area (Å²) in [6.07, 6.45) is 5.03. The number of nitrogens with one attached hydrogen (secondary N) is 2. The number of amides is 1. The molecule has 1 saturated carbocycles. The number of aromatic nitrogens is 1. The number of piperidine rings is 1. The smallest absolute Gasteiger partial charge is 0.228 e. The molecule has 5 heteroatoms. The first kappa shape index (κ1) is 13.4. The van der Waals surface area contributed by atoms with Gasteiger partial charge in [-0.2, -0.15) is 0 Å². The predicted octanol–water partition coefficient (Wildman–Crippen LogP) is 1.48. The first-order valence-electron chi connectivity index (χ1n) is 7.26. The Morgan fingerprint density at radius 2 is 2.20 bits per heavy atom. The topological polar surface area (TPSA) is 57.3 Å². The van der Waals surface area contributed by atoms with Crippen molar-refractivity contribution in [2.75, 3.05) is 37.4 Å². The molecule has 0 bridgehead atoms. The molecule has 1 unspecified atom stereocenters. The molecule has 1 saturated heterocycles. The minimum Gasteiger partial charge on any atom is -0.361 e. The third-order valence-electron chi connectivity index (χ3n) is 4.57. The molecule has 2 N–H and O–H groups in total. The van der Waals surface area contributed by atoms with Gasteiger partial charge in [0, 0.05) is 26.2 Å². The largest absolute Gasteiger partial charge is 0.361 e. The Kier molecular flexibility index (Phi) is 3.38. The molecule has 1 atom stereocenters. The van der Waals surface area contributed by atoms with Gasteiger partial charge < -0.3 is 15.5 Å². The van der Waals surface area contributed by atoms with E-state index in [0.717, 1.165) is 43.9 Å². The van der Waals surface area contributed by atoms with Crippen LogP contribution in [0.25, 0.3) is 0 Å². The van der Waals surface area contributed by atoms with E-state index in [4.69, 9.17) is 0 Å². The number of carbonyl (C=O) groups excluding carboxylic acids is 1. The van der Waals surface area contributed by atoms with Gasteiger partial charge >= 0.3 is 0 Å². The molecule has 3 rings (SSSR count). The summed E-state index contributed by atoms with van der Waals surface area (Å²) in [5, 5.41) is 6.43. The third kappa shape index (κ3) is 2.38. The standard InChI is InChI=1S/C15H22N4O/c1-19(2)13-12(4-3-7-17-13)18-14(20)11-10-15(11)5-8-16-9-6-15/h3-4,7,11,16H,5-6,8-10H2,1-2H3,(H,18,20). The number of carbonyl (C=O) groups is 1. The van der Waals surface area contributed by atoms with Crippen LogP contribution in [0.3, 0.4) is 0 Å². The summed E-state index contributed by atoms with van der Waals surface area (Å²) in [5.74, 6) is 1.14. The van der Waals surface area contributed by atoms with Crippen LogP contribution in [-0.4, -0.2) is 38.1 Å². The van der Waals surface area contributed by atoms with Crippen LogP contribution in [0.4, 0.5) is 11.5 Å². The van der Waals surface area contributed by atoms with Crippen LogP contribution in [0.2, 0.25) is 0 Å². The maximum absolute atomic E-state index is 12.4. The highest BCUT2D eigenvalue weighted by atomic mass is 16.2. The number of hydrogen-bond acceptors (Lipinski definition) is 4. The molecule has 5 nitrogen and oxygen atoms in total. The van der Waals surface area contributed by atoms with Crippen molar-refractivity contribution in [2.24, 2.45) is 11.3 Å². The average molecular weight is 274 g/mol. The SMILES string of the molecule is CN(C)c1ncccc1NC(=O)C1CC12CCNCC2. The van der Waals surface area contributed by atoms with E-state index in [0.29, 0.717) is 0 Å². The normalized spacial score (nSPS) is 23.4. The lowest BCUT2D eigenvalue weighted by molar-refractivity contribution is -0.118. The Labute approximate surface area is 119 Å². The summed E-state index contributed by atoms with van der Waals surface area (Å²) < 4.78 is 0. The zero-order valence-electron chi connectivity index (χ0n) is 12.1. The van der Waals surface area contributed by atoms with Gasteiger partial charge in [0.1, 0.15) is 0 Å². The summed E-state index contributed by atoms with van der Waals surface area (Å²) in [6.45, 7) is 2.08. The quantitative estimate of drug-likeness (QED) is 0.876. The number of pyridine rings is 1. The van der Waals surface area contributed by atoms with Crippen molar-refractivity contribution >= 4 is 17.4 Å². The summed E-state index contributed by atoms with van der Waals surface area (Å²) in [6, 6.07) is 3.77. The zero-order chi connectivity index (χ0) is 14.2. The number of hydrogen-bond donors (Lipinski definition) is 2. The lowest BCUT2D eigenvalue weighted by Crippen LogP contribution is -2.31. The monoisotopic (exact) mass is 274 g/mol. The Bertz CT molecular complexity index is 508. The van der Waals surface area contributed by atoms with E-state index in [2.05, 4.69) is 15.6 Å². The second-order valence-electron chi connectivity index (χ2n) is 6.13. The molecule has 1 aliphatic carbocycles. The molecule has 2 fully saturated rings. The van der Waals surface area contributed by atoms with Gasteiger partial charge in [-0.05, 0) is 49.9 Å². The molecular formula is C15H22N4O. The van der Waals surface area contributed by atoms with Gasteiger partial charge in [-0.15, -0.1) is 0 Å². The van der Waals surface area contributed by atoms with E-state index in [9.17, 15) is 4.79 Å². The van der Waals surface area contributed by atoms with Crippen molar-refractivity contribution in [1.82, 2.24) is 10.3 Å². The van der Waals surface area contributed by atoms with Gasteiger partial charge in [-0.1, -0.05) is 0 Å². The molecule has 1 aliphatic heterocycles. The second kappa shape index (κ2) is 5.05. The highest BCUT2D eigenvalue weighted by molar-refractivity contribution is 5.97. The van der Waals surface area contributed by atoms with E-state index < -0.39 is 0 Å². The molecule has 0 radical (unpaired) electrons. The third-order valence-corrected chi connectivity index (χ3v) is 4.57. The fourth-order valence-electron chi connectivity index (χ4n) is 3.27. The van der Waals surface area contributed by atoms with Gasteiger partial charge in [0.15, 0.2) is 5.82 Å². The van der Waals surface area contributed by atoms with E-state index in [1.807, 2.05) is 31.1 Å². The minimum absolute atomic E-state index is 0.156. The van der Waals surface area contributed by atoms with Crippen molar-refractivity contribution in [1.29, 1.82) is 0 Å². The van der Waals surface area contributed by atoms with E-state index in [-0.39, 0.29) is 17.2 Å². The van der Waals surface area contributed by atoms with Crippen LogP contribution in [-0.2, 0) is 4.79 Å². The summed E-state index contributed by atoms with van der Waals surface area (Å²) in [5.41, 5.74) is 1.08. The summed E-state index contributed by atoms with van der Waals surface area (Å²) in [7, 11) is 3.87. The molecule has 20 heavy (non-hydrogen) atoms. The van der Waals surface area contributed by atoms with Crippen LogP contribution in [0, 0.1) is 11.3 Å². The van der Waals surface area contributed by atoms with Crippen molar-refractivity contribution < 1.29 is 4.79 Å². The summed E-state index contributed by atoms with van der Waals surface area (Å²) >= 11 is 0. The van der Waals surface area contributed by atoms with E-state index in [1.165, 1.54) is 0 Å². The molecular weight excluding hydrogens is 252 g/mol. The van der Waals surface area contributed by atoms with Crippen molar-refractivity contribution in [2.45, 2.75) is 19.3 Å². The van der Waals surface area contributed by atoms with Gasteiger partial charge in [-0.25, -0.2) is 4.98 Å². The van der Waals surface area contributed by atoms with Crippen molar-refractivity contribution in [3.8, 4) is 0 Å². The maximum atomic E-state index is 12.4. The zero-order valence-corrected chi connectivity index (χ0v) is 12.1. The van der Waals surface area contributed by atoms with Gasteiger partial charge in [0.25, 0.3) is 0 Å². The van der Waals surface area contributed by atoms with Crippen LogP contribution in [0.1, 0.15) is 19.3 Å². The molecule has 2 aliphatic rings. The Morgan fingerprint density at radius 1 is 1.45 bits per heavy atom. The Hall–Kier alpha value is -1.62. The molecule has 2 heterocycles. The molecule has 0 aromatic carbocycles. The Morgan fingerprint density at radius 3 is 2.90 bits per heavy atom. The summed E-state index contributed by atoms with van der Waals surface area (Å²) in [4.78, 5) is 18.7. The van der Waals surface area contributed by atoms with Gasteiger partial charge in [0.2, 0.25) is 5.91 Å². The van der Waals surface area contributed by atoms with Gasteiger partial charge in [-0.3, -0.25) is 4.79 Å². The van der Waals surface area contributed by atoms with E-state index in [1.54, 1.807) is 6.20 Å². The van der Waals surface area contributed by atoms with Crippen LogP contribution in [0.5, 0.6) is 0 Å². The molecule has 1 spiro atoms. The van der Waals surface area contributed by atoms with Crippen LogP contribution < -0.4 is 15.5 Å². The number of nitrogens with zero attached hydrogens (tertiary/aromatic N) is 2. The Balaban J connectivity index is 1.68. The van der Waals surface area contributed by atoms with Crippen LogP contribution >= 0.6 is 0 Å². The molecule has 1 aromatic heterocycles. The lowest BCUT2D eigenvalue weighted by Gasteiger charge is -2.23. The highest BCUT2D eigenvalue weighted by Gasteiger charge is 2.57. The predicted molar refractivity (Wildman–Crippen MR) is 79.8 cm³/mol. The molecule has 108 valence electrons. The van der Waals surface area contributed by atoms with E-state index >= 15 is 0 Å². The number of anilines is 2. The van der Waals surface area contributed by atoms with Crippen LogP contribution in [0.15, 0.2) is 18.3 Å². The highest BCUT2D eigenvalue weighted by Crippen LogP contribution is 2.58.